The summed E-state index contributed by atoms with van der Waals surface area (Å²) in [6.45, 7) is 3.05. The molecule has 0 spiro atoms. The molecule has 2 rings (SSSR count). The van der Waals surface area contributed by atoms with E-state index in [1.54, 1.807) is 0 Å². The molecule has 0 radical (unpaired) electrons. The Morgan fingerprint density at radius 1 is 1.20 bits per heavy atom. The molecule has 1 aliphatic heterocycles. The van der Waals surface area contributed by atoms with Crippen LogP contribution in [0.4, 0.5) is 13.2 Å². The fourth-order valence-electron chi connectivity index (χ4n) is 2.64. The van der Waals surface area contributed by atoms with Crippen molar-refractivity contribution in [3.63, 3.8) is 0 Å². The van der Waals surface area contributed by atoms with Crippen LogP contribution in [0.3, 0.4) is 0 Å². The number of nitrogens with one attached hydrogen (secondary N) is 1. The summed E-state index contributed by atoms with van der Waals surface area (Å²) in [5, 5.41) is 3.44. The molecule has 1 heterocycles. The third kappa shape index (κ3) is 5.51. The van der Waals surface area contributed by atoms with E-state index in [-0.39, 0.29) is 6.42 Å². The van der Waals surface area contributed by atoms with Crippen molar-refractivity contribution in [3.8, 4) is 0 Å². The van der Waals surface area contributed by atoms with Crippen LogP contribution in [0.25, 0.3) is 0 Å². The topological polar surface area (TPSA) is 15.3 Å². The number of hydrogen-bond acceptors (Lipinski definition) is 2. The highest BCUT2D eigenvalue weighted by Crippen LogP contribution is 2.21. The SMILES string of the molecule is FC(F)(F)CCCN1CCNC(Cc2ccccc2)C1. The van der Waals surface area contributed by atoms with Gasteiger partial charge >= 0.3 is 6.18 Å². The van der Waals surface area contributed by atoms with E-state index in [0.717, 1.165) is 26.1 Å². The van der Waals surface area contributed by atoms with E-state index in [1.165, 1.54) is 5.56 Å². The maximum absolute atomic E-state index is 12.1. The summed E-state index contributed by atoms with van der Waals surface area (Å²) in [5.41, 5.74) is 1.27. The molecule has 1 aromatic carbocycles. The molecule has 112 valence electrons. The van der Waals surface area contributed by atoms with E-state index in [4.69, 9.17) is 0 Å². The molecular weight excluding hydrogens is 265 g/mol. The number of alkyl halides is 3. The van der Waals surface area contributed by atoms with Gasteiger partial charge in [-0.25, -0.2) is 0 Å². The lowest BCUT2D eigenvalue weighted by atomic mass is 10.0. The van der Waals surface area contributed by atoms with Gasteiger partial charge in [-0.3, -0.25) is 0 Å². The average Bonchev–Trinajstić information content (AvgIpc) is 2.39. The molecule has 2 nitrogen and oxygen atoms in total. The number of piperazine rings is 1. The number of halogens is 3. The fourth-order valence-corrected chi connectivity index (χ4v) is 2.64. The second-order valence-corrected chi connectivity index (χ2v) is 5.36. The van der Waals surface area contributed by atoms with E-state index in [9.17, 15) is 13.2 Å². The van der Waals surface area contributed by atoms with Gasteiger partial charge in [-0.2, -0.15) is 13.2 Å². The summed E-state index contributed by atoms with van der Waals surface area (Å²) in [6, 6.07) is 10.5. The van der Waals surface area contributed by atoms with Crippen LogP contribution in [0.2, 0.25) is 0 Å². The van der Waals surface area contributed by atoms with E-state index in [2.05, 4.69) is 22.3 Å². The third-order valence-electron chi connectivity index (χ3n) is 3.60. The van der Waals surface area contributed by atoms with Crippen molar-refractivity contribution in [2.45, 2.75) is 31.5 Å². The van der Waals surface area contributed by atoms with Crippen LogP contribution in [0.5, 0.6) is 0 Å². The van der Waals surface area contributed by atoms with Gasteiger partial charge in [-0.1, -0.05) is 30.3 Å². The van der Waals surface area contributed by atoms with E-state index < -0.39 is 12.6 Å². The van der Waals surface area contributed by atoms with Crippen molar-refractivity contribution in [2.75, 3.05) is 26.2 Å². The Hall–Kier alpha value is -1.07. The third-order valence-corrected chi connectivity index (χ3v) is 3.60. The number of nitrogens with zero attached hydrogens (tertiary/aromatic N) is 1. The maximum atomic E-state index is 12.1. The van der Waals surface area contributed by atoms with Gasteiger partial charge in [0, 0.05) is 32.1 Å². The van der Waals surface area contributed by atoms with Crippen LogP contribution in [0.1, 0.15) is 18.4 Å². The summed E-state index contributed by atoms with van der Waals surface area (Å²) in [6.07, 6.45) is -3.59. The predicted molar refractivity (Wildman–Crippen MR) is 73.7 cm³/mol. The molecule has 1 aliphatic rings. The highest BCUT2D eigenvalue weighted by Gasteiger charge is 2.27. The van der Waals surface area contributed by atoms with Gasteiger partial charge in [-0.05, 0) is 24.9 Å². The Morgan fingerprint density at radius 3 is 2.65 bits per heavy atom. The van der Waals surface area contributed by atoms with Crippen LogP contribution in [-0.4, -0.2) is 43.3 Å². The average molecular weight is 286 g/mol. The zero-order valence-corrected chi connectivity index (χ0v) is 11.5. The molecule has 1 aromatic rings. The monoisotopic (exact) mass is 286 g/mol. The first kappa shape index (κ1) is 15.3. The molecule has 5 heteroatoms. The number of hydrogen-bond donors (Lipinski definition) is 1. The molecule has 0 bridgehead atoms. The highest BCUT2D eigenvalue weighted by molar-refractivity contribution is 5.16. The van der Waals surface area contributed by atoms with Crippen molar-refractivity contribution < 1.29 is 13.2 Å². The van der Waals surface area contributed by atoms with Gasteiger partial charge in [0.2, 0.25) is 0 Å². The summed E-state index contributed by atoms with van der Waals surface area (Å²) in [5.74, 6) is 0. The molecule has 1 saturated heterocycles. The van der Waals surface area contributed by atoms with Gasteiger partial charge in [0.25, 0.3) is 0 Å². The Bertz CT molecular complexity index is 392. The summed E-state index contributed by atoms with van der Waals surface area (Å²) in [7, 11) is 0. The minimum Gasteiger partial charge on any atom is -0.311 e. The molecule has 20 heavy (non-hydrogen) atoms. The van der Waals surface area contributed by atoms with Gasteiger partial charge in [0.05, 0.1) is 0 Å². The molecule has 0 aliphatic carbocycles. The minimum atomic E-state index is -4.03. The second kappa shape index (κ2) is 7.09. The summed E-state index contributed by atoms with van der Waals surface area (Å²) in [4.78, 5) is 2.13. The summed E-state index contributed by atoms with van der Waals surface area (Å²) < 4.78 is 36.4. The van der Waals surface area contributed by atoms with E-state index >= 15 is 0 Å². The predicted octanol–water partition coefficient (Wildman–Crippen LogP) is 2.85. The lowest BCUT2D eigenvalue weighted by molar-refractivity contribution is -0.136. The van der Waals surface area contributed by atoms with E-state index in [0.29, 0.717) is 12.6 Å². The van der Waals surface area contributed by atoms with E-state index in [1.807, 2.05) is 18.2 Å². The first-order valence-electron chi connectivity index (χ1n) is 7.09. The van der Waals surface area contributed by atoms with Gasteiger partial charge < -0.3 is 10.2 Å². The molecule has 1 unspecified atom stereocenters. The molecule has 0 saturated carbocycles. The smallest absolute Gasteiger partial charge is 0.311 e. The molecule has 1 atom stereocenters. The highest BCUT2D eigenvalue weighted by atomic mass is 19.4. The first-order valence-corrected chi connectivity index (χ1v) is 7.09. The standard InChI is InChI=1S/C15H21F3N2/c16-15(17,18)7-4-9-20-10-8-19-14(12-20)11-13-5-2-1-3-6-13/h1-3,5-6,14,19H,4,7-12H2. The Kier molecular flexibility index (Phi) is 5.43. The lowest BCUT2D eigenvalue weighted by Gasteiger charge is -2.34. The van der Waals surface area contributed by atoms with Crippen LogP contribution in [0.15, 0.2) is 30.3 Å². The van der Waals surface area contributed by atoms with Crippen LogP contribution < -0.4 is 5.32 Å². The van der Waals surface area contributed by atoms with Crippen LogP contribution >= 0.6 is 0 Å². The largest absolute Gasteiger partial charge is 0.389 e. The first-order chi connectivity index (χ1) is 9.53. The Balaban J connectivity index is 1.74. The van der Waals surface area contributed by atoms with Crippen molar-refractivity contribution in [3.05, 3.63) is 35.9 Å². The van der Waals surface area contributed by atoms with Crippen LogP contribution in [0, 0.1) is 0 Å². The molecule has 0 aromatic heterocycles. The van der Waals surface area contributed by atoms with Gasteiger partial charge in [0.15, 0.2) is 0 Å². The molecule has 1 N–H and O–H groups in total. The van der Waals surface area contributed by atoms with Gasteiger partial charge in [-0.15, -0.1) is 0 Å². The fraction of sp³-hybridized carbons (Fsp3) is 0.600. The normalized spacial score (nSPS) is 21.1. The number of rotatable bonds is 5. The maximum Gasteiger partial charge on any atom is 0.389 e. The number of benzene rings is 1. The quantitative estimate of drug-likeness (QED) is 0.895. The zero-order valence-electron chi connectivity index (χ0n) is 11.5. The lowest BCUT2D eigenvalue weighted by Crippen LogP contribution is -2.51. The van der Waals surface area contributed by atoms with Crippen molar-refractivity contribution >= 4 is 0 Å². The van der Waals surface area contributed by atoms with Gasteiger partial charge in [0.1, 0.15) is 0 Å². The summed E-state index contributed by atoms with van der Waals surface area (Å²) >= 11 is 0. The zero-order chi connectivity index (χ0) is 14.4. The Labute approximate surface area is 118 Å². The molecule has 0 amide bonds. The minimum absolute atomic E-state index is 0.196. The Morgan fingerprint density at radius 2 is 1.95 bits per heavy atom. The van der Waals surface area contributed by atoms with Crippen molar-refractivity contribution in [1.82, 2.24) is 10.2 Å². The molecule has 1 fully saturated rings. The van der Waals surface area contributed by atoms with Crippen molar-refractivity contribution in [2.24, 2.45) is 0 Å². The van der Waals surface area contributed by atoms with Crippen molar-refractivity contribution in [1.29, 1.82) is 0 Å². The van der Waals surface area contributed by atoms with Crippen LogP contribution in [-0.2, 0) is 6.42 Å². The second-order valence-electron chi connectivity index (χ2n) is 5.36. The molecular formula is C15H21F3N2.